The zero-order valence-corrected chi connectivity index (χ0v) is 11.9. The van der Waals surface area contributed by atoms with Gasteiger partial charge in [-0.25, -0.2) is 13.1 Å². The van der Waals surface area contributed by atoms with E-state index in [9.17, 15) is 8.42 Å². The van der Waals surface area contributed by atoms with Gasteiger partial charge in [-0.3, -0.25) is 0 Å². The van der Waals surface area contributed by atoms with Gasteiger partial charge in [0.1, 0.15) is 10.7 Å². The zero-order chi connectivity index (χ0) is 12.5. The van der Waals surface area contributed by atoms with E-state index in [0.29, 0.717) is 24.9 Å². The maximum absolute atomic E-state index is 11.8. The first-order valence-electron chi connectivity index (χ1n) is 5.54. The summed E-state index contributed by atoms with van der Waals surface area (Å²) < 4.78 is 31.6. The predicted octanol–water partition coefficient (Wildman–Crippen LogP) is 1.59. The highest BCUT2D eigenvalue weighted by Crippen LogP contribution is 2.27. The highest BCUT2D eigenvalue weighted by atomic mass is 79.9. The lowest BCUT2D eigenvalue weighted by molar-refractivity contribution is 0.460. The average molecular weight is 323 g/mol. The summed E-state index contributed by atoms with van der Waals surface area (Å²) in [5, 5.41) is 3.27. The smallest absolute Gasteiger partial charge is 0.244 e. The Morgan fingerprint density at radius 1 is 1.53 bits per heavy atom. The molecular weight excluding hydrogens is 308 g/mol. The first kappa shape index (κ1) is 13.1. The minimum Gasteiger partial charge on any atom is -0.452 e. The van der Waals surface area contributed by atoms with Crippen LogP contribution in [0.2, 0.25) is 0 Å². The van der Waals surface area contributed by atoms with Gasteiger partial charge < -0.3 is 9.73 Å². The van der Waals surface area contributed by atoms with Crippen LogP contribution in [-0.4, -0.2) is 21.0 Å². The molecule has 17 heavy (non-hydrogen) atoms. The maximum atomic E-state index is 11.8. The van der Waals surface area contributed by atoms with Crippen LogP contribution in [0.15, 0.2) is 20.0 Å². The van der Waals surface area contributed by atoms with E-state index in [0.717, 1.165) is 0 Å². The second kappa shape index (κ2) is 5.09. The van der Waals surface area contributed by atoms with Gasteiger partial charge in [-0.1, -0.05) is 6.92 Å². The molecule has 1 aliphatic carbocycles. The van der Waals surface area contributed by atoms with Crippen molar-refractivity contribution in [2.24, 2.45) is 0 Å². The van der Waals surface area contributed by atoms with E-state index >= 15 is 0 Å². The highest BCUT2D eigenvalue weighted by Gasteiger charge is 2.24. The standard InChI is InChI=1S/C10H15BrN2O3S/c1-2-13-17(14,15)9-5-8(16-10(9)11)6-12-7-3-4-7/h5,7,12-13H,2-4,6H2,1H3. The third-order valence-corrected chi connectivity index (χ3v) is 4.88. The van der Waals surface area contributed by atoms with Gasteiger partial charge in [-0.2, -0.15) is 0 Å². The van der Waals surface area contributed by atoms with Crippen molar-refractivity contribution in [3.8, 4) is 0 Å². The fourth-order valence-electron chi connectivity index (χ4n) is 1.47. The summed E-state index contributed by atoms with van der Waals surface area (Å²) in [5.74, 6) is 0.625. The van der Waals surface area contributed by atoms with Crippen molar-refractivity contribution in [2.45, 2.75) is 37.2 Å². The SMILES string of the molecule is CCNS(=O)(=O)c1cc(CNC2CC2)oc1Br. The van der Waals surface area contributed by atoms with Crippen LogP contribution in [0.3, 0.4) is 0 Å². The van der Waals surface area contributed by atoms with Crippen LogP contribution in [-0.2, 0) is 16.6 Å². The molecular formula is C10H15BrN2O3S. The van der Waals surface area contributed by atoms with E-state index in [1.54, 1.807) is 13.0 Å². The monoisotopic (exact) mass is 322 g/mol. The Kier molecular flexibility index (Phi) is 3.92. The molecule has 1 aromatic heterocycles. The fraction of sp³-hybridized carbons (Fsp3) is 0.600. The van der Waals surface area contributed by atoms with Crippen LogP contribution >= 0.6 is 15.9 Å². The van der Waals surface area contributed by atoms with Gasteiger partial charge in [0.25, 0.3) is 0 Å². The van der Waals surface area contributed by atoms with E-state index in [-0.39, 0.29) is 9.56 Å². The lowest BCUT2D eigenvalue weighted by atomic mass is 10.4. The Bertz CT molecular complexity index is 494. The Morgan fingerprint density at radius 2 is 2.24 bits per heavy atom. The van der Waals surface area contributed by atoms with Gasteiger partial charge in [0.15, 0.2) is 4.67 Å². The van der Waals surface area contributed by atoms with E-state index in [1.165, 1.54) is 12.8 Å². The van der Waals surface area contributed by atoms with Gasteiger partial charge in [0.2, 0.25) is 10.0 Å². The highest BCUT2D eigenvalue weighted by molar-refractivity contribution is 9.10. The molecule has 0 aromatic carbocycles. The molecule has 0 radical (unpaired) electrons. The number of sulfonamides is 1. The van der Waals surface area contributed by atoms with Gasteiger partial charge in [-0.15, -0.1) is 0 Å². The van der Waals surface area contributed by atoms with Crippen molar-refractivity contribution < 1.29 is 12.8 Å². The van der Waals surface area contributed by atoms with Crippen LogP contribution in [0.25, 0.3) is 0 Å². The molecule has 0 spiro atoms. The Labute approximate surface area is 109 Å². The lowest BCUT2D eigenvalue weighted by Crippen LogP contribution is -2.23. The topological polar surface area (TPSA) is 71.3 Å². The minimum absolute atomic E-state index is 0.159. The van der Waals surface area contributed by atoms with Crippen LogP contribution < -0.4 is 10.0 Å². The third-order valence-electron chi connectivity index (χ3n) is 2.47. The van der Waals surface area contributed by atoms with Crippen LogP contribution in [0, 0.1) is 0 Å². The molecule has 96 valence electrons. The average Bonchev–Trinajstić information content (AvgIpc) is 2.99. The summed E-state index contributed by atoms with van der Waals surface area (Å²) in [5.41, 5.74) is 0. The first-order chi connectivity index (χ1) is 8.03. The number of nitrogens with one attached hydrogen (secondary N) is 2. The molecule has 0 bridgehead atoms. The lowest BCUT2D eigenvalue weighted by Gasteiger charge is -2.00. The number of furan rings is 1. The molecule has 1 fully saturated rings. The molecule has 0 saturated heterocycles. The number of rotatable bonds is 6. The van der Waals surface area contributed by atoms with E-state index in [4.69, 9.17) is 4.42 Å². The quantitative estimate of drug-likeness (QED) is 0.834. The molecule has 0 atom stereocenters. The van der Waals surface area contributed by atoms with Gasteiger partial charge >= 0.3 is 0 Å². The van der Waals surface area contributed by atoms with E-state index in [2.05, 4.69) is 26.0 Å². The Morgan fingerprint density at radius 3 is 2.82 bits per heavy atom. The van der Waals surface area contributed by atoms with Gasteiger partial charge in [-0.05, 0) is 28.8 Å². The van der Waals surface area contributed by atoms with E-state index in [1.807, 2.05) is 0 Å². The third kappa shape index (κ3) is 3.31. The van der Waals surface area contributed by atoms with Crippen molar-refractivity contribution in [3.05, 3.63) is 16.5 Å². The fourth-order valence-corrected chi connectivity index (χ4v) is 3.51. The van der Waals surface area contributed by atoms with Gasteiger partial charge in [0.05, 0.1) is 6.54 Å². The Hall–Kier alpha value is -0.370. The predicted molar refractivity (Wildman–Crippen MR) is 67.1 cm³/mol. The number of halogens is 1. The van der Waals surface area contributed by atoms with E-state index < -0.39 is 10.0 Å². The second-order valence-electron chi connectivity index (χ2n) is 4.01. The molecule has 1 saturated carbocycles. The molecule has 2 rings (SSSR count). The van der Waals surface area contributed by atoms with Crippen molar-refractivity contribution in [1.82, 2.24) is 10.0 Å². The molecule has 0 unspecified atom stereocenters. The summed E-state index contributed by atoms with van der Waals surface area (Å²) in [6, 6.07) is 2.12. The summed E-state index contributed by atoms with van der Waals surface area (Å²) in [6.45, 7) is 2.65. The van der Waals surface area contributed by atoms with Crippen LogP contribution in [0.4, 0.5) is 0 Å². The number of hydrogen-bond acceptors (Lipinski definition) is 4. The minimum atomic E-state index is -3.46. The molecule has 0 amide bonds. The normalized spacial score (nSPS) is 16.4. The molecule has 2 N–H and O–H groups in total. The Balaban J connectivity index is 2.11. The maximum Gasteiger partial charge on any atom is 0.244 e. The molecule has 0 aliphatic heterocycles. The zero-order valence-electron chi connectivity index (χ0n) is 9.49. The largest absolute Gasteiger partial charge is 0.452 e. The summed E-state index contributed by atoms with van der Waals surface area (Å²) in [6.07, 6.45) is 2.37. The van der Waals surface area contributed by atoms with Crippen molar-refractivity contribution >= 4 is 26.0 Å². The number of hydrogen-bond donors (Lipinski definition) is 2. The van der Waals surface area contributed by atoms with Crippen LogP contribution in [0.1, 0.15) is 25.5 Å². The van der Waals surface area contributed by atoms with Crippen molar-refractivity contribution in [3.63, 3.8) is 0 Å². The van der Waals surface area contributed by atoms with Crippen molar-refractivity contribution in [1.29, 1.82) is 0 Å². The molecule has 5 nitrogen and oxygen atoms in total. The van der Waals surface area contributed by atoms with Crippen molar-refractivity contribution in [2.75, 3.05) is 6.54 Å². The summed E-state index contributed by atoms with van der Waals surface area (Å²) in [4.78, 5) is 0.159. The second-order valence-corrected chi connectivity index (χ2v) is 6.46. The molecule has 1 aromatic rings. The van der Waals surface area contributed by atoms with Crippen LogP contribution in [0.5, 0.6) is 0 Å². The summed E-state index contributed by atoms with van der Waals surface area (Å²) >= 11 is 3.13. The molecule has 7 heteroatoms. The molecule has 1 heterocycles. The van der Waals surface area contributed by atoms with Gasteiger partial charge in [0, 0.05) is 18.7 Å². The molecule has 1 aliphatic rings. The summed E-state index contributed by atoms with van der Waals surface area (Å²) in [7, 11) is -3.46. The first-order valence-corrected chi connectivity index (χ1v) is 7.82.